The molecule has 0 aliphatic carbocycles. The van der Waals surface area contributed by atoms with Crippen LogP contribution in [-0.4, -0.2) is 47.6 Å². The molecule has 2 rings (SSSR count). The van der Waals surface area contributed by atoms with Crippen molar-refractivity contribution in [1.82, 2.24) is 9.88 Å². The largest absolute Gasteiger partial charge is 0.382 e. The topological polar surface area (TPSA) is 80.5 Å². The molecule has 106 valence electrons. The van der Waals surface area contributed by atoms with Crippen LogP contribution in [0.1, 0.15) is 30.4 Å². The second-order valence-electron chi connectivity index (χ2n) is 4.96. The van der Waals surface area contributed by atoms with Crippen molar-refractivity contribution >= 4 is 28.2 Å². The van der Waals surface area contributed by atoms with Gasteiger partial charge in [0.25, 0.3) is 5.91 Å². The Kier molecular flexibility index (Phi) is 4.26. The number of hydrogen-bond acceptors (Lipinski definition) is 6. The highest BCUT2D eigenvalue weighted by molar-refractivity contribution is 7.18. The number of thiazole rings is 1. The van der Waals surface area contributed by atoms with Gasteiger partial charge >= 0.3 is 0 Å². The number of morpholine rings is 1. The third kappa shape index (κ3) is 3.36. The highest BCUT2D eigenvalue weighted by atomic mass is 32.1. The van der Waals surface area contributed by atoms with Crippen molar-refractivity contribution in [2.45, 2.75) is 32.9 Å². The van der Waals surface area contributed by atoms with Gasteiger partial charge in [0, 0.05) is 19.1 Å². The molecule has 1 fully saturated rings. The fourth-order valence-electron chi connectivity index (χ4n) is 1.94. The minimum atomic E-state index is -0.0537. The minimum absolute atomic E-state index is 0.0537. The van der Waals surface area contributed by atoms with Crippen molar-refractivity contribution in [1.29, 1.82) is 0 Å². The molecular formula is C12H20N4O2S. The average molecular weight is 284 g/mol. The molecule has 1 aliphatic rings. The van der Waals surface area contributed by atoms with E-state index in [2.05, 4.69) is 10.3 Å². The van der Waals surface area contributed by atoms with Crippen molar-refractivity contribution in [3.8, 4) is 0 Å². The third-order valence-electron chi connectivity index (χ3n) is 2.79. The van der Waals surface area contributed by atoms with E-state index in [4.69, 9.17) is 10.5 Å². The Morgan fingerprint density at radius 1 is 1.63 bits per heavy atom. The lowest BCUT2D eigenvalue weighted by molar-refractivity contribution is -0.0122. The molecule has 0 saturated carbocycles. The Hall–Kier alpha value is -1.34. The second-order valence-corrected chi connectivity index (χ2v) is 5.96. The number of carbonyl (C=O) groups is 1. The number of anilines is 2. The van der Waals surface area contributed by atoms with Crippen LogP contribution in [0.4, 0.5) is 10.9 Å². The van der Waals surface area contributed by atoms with E-state index in [0.29, 0.717) is 35.5 Å². The first-order chi connectivity index (χ1) is 8.97. The molecule has 1 unspecified atom stereocenters. The molecule has 0 radical (unpaired) electrons. The van der Waals surface area contributed by atoms with Crippen LogP contribution in [0.5, 0.6) is 0 Å². The van der Waals surface area contributed by atoms with Gasteiger partial charge in [-0.3, -0.25) is 4.79 Å². The Balaban J connectivity index is 2.12. The molecule has 6 nitrogen and oxygen atoms in total. The van der Waals surface area contributed by atoms with Crippen LogP contribution in [0.25, 0.3) is 0 Å². The van der Waals surface area contributed by atoms with Gasteiger partial charge in [0.05, 0.1) is 12.7 Å². The molecule has 1 aliphatic heterocycles. The quantitative estimate of drug-likeness (QED) is 0.877. The molecule has 19 heavy (non-hydrogen) atoms. The van der Waals surface area contributed by atoms with Gasteiger partial charge in [0.1, 0.15) is 10.7 Å². The van der Waals surface area contributed by atoms with Crippen LogP contribution in [0.15, 0.2) is 0 Å². The van der Waals surface area contributed by atoms with E-state index < -0.39 is 0 Å². The molecule has 0 spiro atoms. The van der Waals surface area contributed by atoms with E-state index in [1.807, 2.05) is 20.8 Å². The van der Waals surface area contributed by atoms with Gasteiger partial charge < -0.3 is 20.7 Å². The van der Waals surface area contributed by atoms with Gasteiger partial charge in [0.15, 0.2) is 5.13 Å². The molecule has 1 aromatic heterocycles. The summed E-state index contributed by atoms with van der Waals surface area (Å²) in [7, 11) is 0. The summed E-state index contributed by atoms with van der Waals surface area (Å²) in [5.41, 5.74) is 5.84. The molecule has 2 heterocycles. The number of ether oxygens (including phenoxy) is 1. The van der Waals surface area contributed by atoms with E-state index in [1.165, 1.54) is 11.3 Å². The second kappa shape index (κ2) is 5.75. The Morgan fingerprint density at radius 3 is 3.00 bits per heavy atom. The highest BCUT2D eigenvalue weighted by Crippen LogP contribution is 2.27. The van der Waals surface area contributed by atoms with Gasteiger partial charge in [-0.05, 0) is 20.8 Å². The minimum Gasteiger partial charge on any atom is -0.382 e. The maximum atomic E-state index is 12.4. The Morgan fingerprint density at radius 2 is 2.37 bits per heavy atom. The molecule has 7 heteroatoms. The first-order valence-electron chi connectivity index (χ1n) is 6.41. The molecule has 1 amide bonds. The average Bonchev–Trinajstić information content (AvgIpc) is 2.68. The zero-order chi connectivity index (χ0) is 14.0. The molecule has 0 bridgehead atoms. The lowest BCUT2D eigenvalue weighted by Crippen LogP contribution is -2.44. The van der Waals surface area contributed by atoms with E-state index >= 15 is 0 Å². The summed E-state index contributed by atoms with van der Waals surface area (Å²) in [5.74, 6) is 0.249. The summed E-state index contributed by atoms with van der Waals surface area (Å²) in [6.45, 7) is 7.77. The zero-order valence-electron chi connectivity index (χ0n) is 11.5. The predicted octanol–water partition coefficient (Wildman–Crippen LogP) is 1.41. The lowest BCUT2D eigenvalue weighted by atomic mass is 10.3. The maximum Gasteiger partial charge on any atom is 0.268 e. The zero-order valence-corrected chi connectivity index (χ0v) is 12.3. The molecule has 0 aromatic carbocycles. The first kappa shape index (κ1) is 14.1. The van der Waals surface area contributed by atoms with Crippen LogP contribution in [0.3, 0.4) is 0 Å². The predicted molar refractivity (Wildman–Crippen MR) is 76.6 cm³/mol. The Bertz CT molecular complexity index is 461. The van der Waals surface area contributed by atoms with E-state index in [9.17, 15) is 4.79 Å². The van der Waals surface area contributed by atoms with Crippen molar-refractivity contribution in [2.24, 2.45) is 0 Å². The number of nitrogen functional groups attached to an aromatic ring is 1. The van der Waals surface area contributed by atoms with Gasteiger partial charge in [-0.1, -0.05) is 11.3 Å². The number of nitrogens with zero attached hydrogens (tertiary/aromatic N) is 2. The fraction of sp³-hybridized carbons (Fsp3) is 0.667. The first-order valence-corrected chi connectivity index (χ1v) is 7.22. The van der Waals surface area contributed by atoms with Crippen molar-refractivity contribution < 1.29 is 9.53 Å². The molecule has 1 atom stereocenters. The summed E-state index contributed by atoms with van der Waals surface area (Å²) in [5, 5.41) is 3.86. The van der Waals surface area contributed by atoms with Crippen LogP contribution in [0.2, 0.25) is 0 Å². The Labute approximate surface area is 116 Å². The van der Waals surface area contributed by atoms with Crippen LogP contribution in [-0.2, 0) is 4.74 Å². The number of rotatable bonds is 3. The lowest BCUT2D eigenvalue weighted by Gasteiger charge is -2.30. The van der Waals surface area contributed by atoms with E-state index in [0.717, 1.165) is 0 Å². The SMILES string of the molecule is CC(C)Nc1nc(N)c(C(=O)N2CCOC(C)C2)s1. The smallest absolute Gasteiger partial charge is 0.268 e. The normalized spacial score (nSPS) is 19.8. The van der Waals surface area contributed by atoms with Gasteiger partial charge in [-0.25, -0.2) is 4.98 Å². The van der Waals surface area contributed by atoms with Crippen molar-refractivity contribution in [3.63, 3.8) is 0 Å². The van der Waals surface area contributed by atoms with Gasteiger partial charge in [-0.2, -0.15) is 0 Å². The summed E-state index contributed by atoms with van der Waals surface area (Å²) >= 11 is 1.31. The third-order valence-corrected chi connectivity index (χ3v) is 3.78. The number of nitrogens with two attached hydrogens (primary N) is 1. The van der Waals surface area contributed by atoms with Gasteiger partial charge in [0.2, 0.25) is 0 Å². The van der Waals surface area contributed by atoms with Crippen LogP contribution < -0.4 is 11.1 Å². The number of carbonyl (C=O) groups excluding carboxylic acids is 1. The maximum absolute atomic E-state index is 12.4. The standard InChI is InChI=1S/C12H20N4O2S/c1-7(2)14-12-15-10(13)9(19-12)11(17)16-4-5-18-8(3)6-16/h7-8H,4-6,13H2,1-3H3,(H,14,15). The van der Waals surface area contributed by atoms with Crippen molar-refractivity contribution in [2.75, 3.05) is 30.7 Å². The number of aromatic nitrogens is 1. The molecular weight excluding hydrogens is 264 g/mol. The van der Waals surface area contributed by atoms with E-state index in [1.54, 1.807) is 4.90 Å². The van der Waals surface area contributed by atoms with Crippen LogP contribution >= 0.6 is 11.3 Å². The number of nitrogens with one attached hydrogen (secondary N) is 1. The fourth-order valence-corrected chi connectivity index (χ4v) is 2.94. The van der Waals surface area contributed by atoms with Crippen molar-refractivity contribution in [3.05, 3.63) is 4.88 Å². The summed E-state index contributed by atoms with van der Waals surface area (Å²) in [4.78, 5) is 18.9. The summed E-state index contributed by atoms with van der Waals surface area (Å²) in [6, 6.07) is 0.261. The highest BCUT2D eigenvalue weighted by Gasteiger charge is 2.26. The summed E-state index contributed by atoms with van der Waals surface area (Å²) < 4.78 is 5.43. The number of amides is 1. The molecule has 1 aromatic rings. The molecule has 3 N–H and O–H groups in total. The number of hydrogen-bond donors (Lipinski definition) is 2. The van der Waals surface area contributed by atoms with Gasteiger partial charge in [-0.15, -0.1) is 0 Å². The molecule has 1 saturated heterocycles. The monoisotopic (exact) mass is 284 g/mol. The van der Waals surface area contributed by atoms with Crippen LogP contribution in [0, 0.1) is 0 Å². The summed E-state index contributed by atoms with van der Waals surface area (Å²) in [6.07, 6.45) is 0.0695. The van der Waals surface area contributed by atoms with E-state index in [-0.39, 0.29) is 18.1 Å².